The SMILES string of the molecule is CCCN1CCC(Nc2ccnc(C(=O)O)c2)CC1. The van der Waals surface area contributed by atoms with Crippen molar-refractivity contribution in [1.82, 2.24) is 9.88 Å². The minimum absolute atomic E-state index is 0.0911. The lowest BCUT2D eigenvalue weighted by Gasteiger charge is -2.32. The number of carboxylic acid groups (broad SMARTS) is 1. The summed E-state index contributed by atoms with van der Waals surface area (Å²) in [6.45, 7) is 5.60. The molecule has 104 valence electrons. The summed E-state index contributed by atoms with van der Waals surface area (Å²) < 4.78 is 0. The van der Waals surface area contributed by atoms with Crippen LogP contribution in [0.2, 0.25) is 0 Å². The molecule has 0 saturated carbocycles. The van der Waals surface area contributed by atoms with Gasteiger partial charge in [0, 0.05) is 31.0 Å². The molecule has 0 atom stereocenters. The van der Waals surface area contributed by atoms with Crippen molar-refractivity contribution in [1.29, 1.82) is 0 Å². The fourth-order valence-electron chi connectivity index (χ4n) is 2.49. The largest absolute Gasteiger partial charge is 0.477 e. The number of rotatable bonds is 5. The number of hydrogen-bond acceptors (Lipinski definition) is 4. The summed E-state index contributed by atoms with van der Waals surface area (Å²) in [6.07, 6.45) is 4.94. The molecular weight excluding hydrogens is 242 g/mol. The summed E-state index contributed by atoms with van der Waals surface area (Å²) in [4.78, 5) is 17.2. The van der Waals surface area contributed by atoms with Gasteiger partial charge in [-0.15, -0.1) is 0 Å². The molecule has 1 aliphatic rings. The Kier molecular flexibility index (Phi) is 4.74. The highest BCUT2D eigenvalue weighted by molar-refractivity contribution is 5.86. The minimum atomic E-state index is -0.985. The summed E-state index contributed by atoms with van der Waals surface area (Å²) in [5.41, 5.74) is 0.940. The number of pyridine rings is 1. The van der Waals surface area contributed by atoms with Crippen LogP contribution in [0.15, 0.2) is 18.3 Å². The predicted molar refractivity (Wildman–Crippen MR) is 74.6 cm³/mol. The Balaban J connectivity index is 1.88. The van der Waals surface area contributed by atoms with E-state index in [4.69, 9.17) is 5.11 Å². The van der Waals surface area contributed by atoms with E-state index >= 15 is 0 Å². The van der Waals surface area contributed by atoms with Gasteiger partial charge in [0.1, 0.15) is 5.69 Å². The number of carbonyl (C=O) groups is 1. The van der Waals surface area contributed by atoms with E-state index in [1.54, 1.807) is 6.07 Å². The molecule has 1 fully saturated rings. The van der Waals surface area contributed by atoms with Crippen LogP contribution in [0, 0.1) is 0 Å². The van der Waals surface area contributed by atoms with Gasteiger partial charge >= 0.3 is 5.97 Å². The fraction of sp³-hybridized carbons (Fsp3) is 0.571. The number of hydrogen-bond donors (Lipinski definition) is 2. The minimum Gasteiger partial charge on any atom is -0.477 e. The van der Waals surface area contributed by atoms with Crippen LogP contribution in [0.1, 0.15) is 36.7 Å². The molecular formula is C14H21N3O2. The van der Waals surface area contributed by atoms with Gasteiger partial charge in [-0.3, -0.25) is 0 Å². The maximum atomic E-state index is 10.9. The Hall–Kier alpha value is -1.62. The van der Waals surface area contributed by atoms with E-state index in [0.717, 1.165) is 31.6 Å². The third kappa shape index (κ3) is 3.92. The number of nitrogens with zero attached hydrogens (tertiary/aromatic N) is 2. The van der Waals surface area contributed by atoms with Crippen molar-refractivity contribution < 1.29 is 9.90 Å². The smallest absolute Gasteiger partial charge is 0.354 e. The third-order valence-corrected chi connectivity index (χ3v) is 3.48. The zero-order valence-electron chi connectivity index (χ0n) is 11.3. The van der Waals surface area contributed by atoms with Crippen LogP contribution >= 0.6 is 0 Å². The van der Waals surface area contributed by atoms with Gasteiger partial charge in [0.2, 0.25) is 0 Å². The number of nitrogens with one attached hydrogen (secondary N) is 1. The predicted octanol–water partition coefficient (Wildman–Crippen LogP) is 2.07. The summed E-state index contributed by atoms with van der Waals surface area (Å²) in [5, 5.41) is 12.3. The third-order valence-electron chi connectivity index (χ3n) is 3.48. The second kappa shape index (κ2) is 6.52. The molecule has 1 aromatic heterocycles. The number of aromatic nitrogens is 1. The normalized spacial score (nSPS) is 17.3. The number of aromatic carboxylic acids is 1. The van der Waals surface area contributed by atoms with Gasteiger partial charge in [0.25, 0.3) is 0 Å². The molecule has 0 aliphatic carbocycles. The van der Waals surface area contributed by atoms with E-state index in [-0.39, 0.29) is 5.69 Å². The Bertz CT molecular complexity index is 428. The summed E-state index contributed by atoms with van der Waals surface area (Å²) in [6, 6.07) is 3.85. The van der Waals surface area contributed by atoms with Gasteiger partial charge in [0.15, 0.2) is 0 Å². The lowest BCUT2D eigenvalue weighted by molar-refractivity contribution is 0.0690. The number of anilines is 1. The molecule has 0 radical (unpaired) electrons. The van der Waals surface area contributed by atoms with Crippen LogP contribution in [0.3, 0.4) is 0 Å². The summed E-state index contributed by atoms with van der Waals surface area (Å²) in [7, 11) is 0. The highest BCUT2D eigenvalue weighted by Crippen LogP contribution is 2.17. The second-order valence-corrected chi connectivity index (χ2v) is 5.00. The average Bonchev–Trinajstić information content (AvgIpc) is 2.42. The Morgan fingerprint density at radius 3 is 2.89 bits per heavy atom. The maximum absolute atomic E-state index is 10.9. The molecule has 1 aromatic rings. The number of likely N-dealkylation sites (tertiary alicyclic amines) is 1. The molecule has 1 aliphatic heterocycles. The highest BCUT2D eigenvalue weighted by Gasteiger charge is 2.18. The van der Waals surface area contributed by atoms with Crippen molar-refractivity contribution in [3.63, 3.8) is 0 Å². The van der Waals surface area contributed by atoms with E-state index in [9.17, 15) is 4.79 Å². The van der Waals surface area contributed by atoms with E-state index in [2.05, 4.69) is 22.1 Å². The van der Waals surface area contributed by atoms with E-state index in [1.807, 2.05) is 6.07 Å². The van der Waals surface area contributed by atoms with Crippen molar-refractivity contribution in [2.45, 2.75) is 32.2 Å². The monoisotopic (exact) mass is 263 g/mol. The first-order valence-corrected chi connectivity index (χ1v) is 6.87. The van der Waals surface area contributed by atoms with E-state index < -0.39 is 5.97 Å². The van der Waals surface area contributed by atoms with E-state index in [0.29, 0.717) is 6.04 Å². The average molecular weight is 263 g/mol. The first-order chi connectivity index (χ1) is 9.19. The van der Waals surface area contributed by atoms with Crippen LogP contribution in [-0.2, 0) is 0 Å². The van der Waals surface area contributed by atoms with Crippen LogP contribution < -0.4 is 5.32 Å². The topological polar surface area (TPSA) is 65.5 Å². The van der Waals surface area contributed by atoms with Crippen molar-refractivity contribution in [3.8, 4) is 0 Å². The fourth-order valence-corrected chi connectivity index (χ4v) is 2.49. The van der Waals surface area contributed by atoms with Crippen molar-refractivity contribution in [2.24, 2.45) is 0 Å². The second-order valence-electron chi connectivity index (χ2n) is 5.00. The molecule has 0 spiro atoms. The molecule has 2 N–H and O–H groups in total. The maximum Gasteiger partial charge on any atom is 0.354 e. The molecule has 2 heterocycles. The summed E-state index contributed by atoms with van der Waals surface area (Å²) >= 11 is 0. The van der Waals surface area contributed by atoms with Crippen LogP contribution in [0.5, 0.6) is 0 Å². The van der Waals surface area contributed by atoms with Crippen LogP contribution in [0.25, 0.3) is 0 Å². The van der Waals surface area contributed by atoms with Gasteiger partial charge in [-0.25, -0.2) is 9.78 Å². The Morgan fingerprint density at radius 1 is 1.53 bits per heavy atom. The van der Waals surface area contributed by atoms with Crippen molar-refractivity contribution in [3.05, 3.63) is 24.0 Å². The highest BCUT2D eigenvalue weighted by atomic mass is 16.4. The molecule has 1 saturated heterocycles. The molecule has 0 unspecified atom stereocenters. The summed E-state index contributed by atoms with van der Waals surface area (Å²) in [5.74, 6) is -0.985. The number of piperidine rings is 1. The first-order valence-electron chi connectivity index (χ1n) is 6.87. The quantitative estimate of drug-likeness (QED) is 0.851. The standard InChI is InChI=1S/C14H21N3O2/c1-2-7-17-8-4-11(5-9-17)16-12-3-6-15-13(10-12)14(18)19/h3,6,10-11H,2,4-5,7-9H2,1H3,(H,15,16)(H,18,19). The van der Waals surface area contributed by atoms with Crippen molar-refractivity contribution >= 4 is 11.7 Å². The zero-order valence-corrected chi connectivity index (χ0v) is 11.3. The van der Waals surface area contributed by atoms with Gasteiger partial charge < -0.3 is 15.3 Å². The Morgan fingerprint density at radius 2 is 2.26 bits per heavy atom. The molecule has 2 rings (SSSR count). The molecule has 19 heavy (non-hydrogen) atoms. The molecule has 0 bridgehead atoms. The van der Waals surface area contributed by atoms with Gasteiger partial charge in [-0.1, -0.05) is 6.92 Å². The lowest BCUT2D eigenvalue weighted by Crippen LogP contribution is -2.39. The van der Waals surface area contributed by atoms with Gasteiger partial charge in [-0.2, -0.15) is 0 Å². The molecule has 0 amide bonds. The molecule has 5 nitrogen and oxygen atoms in total. The first kappa shape index (κ1) is 13.8. The van der Waals surface area contributed by atoms with Crippen LogP contribution in [-0.4, -0.2) is 46.6 Å². The van der Waals surface area contributed by atoms with E-state index in [1.165, 1.54) is 19.2 Å². The molecule has 0 aromatic carbocycles. The number of carboxylic acids is 1. The van der Waals surface area contributed by atoms with Gasteiger partial charge in [0.05, 0.1) is 0 Å². The zero-order chi connectivity index (χ0) is 13.7. The Labute approximate surface area is 113 Å². The van der Waals surface area contributed by atoms with Crippen LogP contribution in [0.4, 0.5) is 5.69 Å². The lowest BCUT2D eigenvalue weighted by atomic mass is 10.0. The van der Waals surface area contributed by atoms with Crippen molar-refractivity contribution in [2.75, 3.05) is 25.0 Å². The van der Waals surface area contributed by atoms with Gasteiger partial charge in [-0.05, 0) is 37.9 Å². The molecule has 5 heteroatoms.